The van der Waals surface area contributed by atoms with Crippen molar-refractivity contribution < 1.29 is 9.53 Å². The molecule has 90 valence electrons. The number of nitrogens with two attached hydrogens (primary N) is 1. The molecule has 1 rings (SSSR count). The quantitative estimate of drug-likeness (QED) is 0.799. The molecule has 0 saturated carbocycles. The molecule has 1 aromatic rings. The summed E-state index contributed by atoms with van der Waals surface area (Å²) in [4.78, 5) is 10.7. The minimum atomic E-state index is -0.501. The lowest BCUT2D eigenvalue weighted by Crippen LogP contribution is -2.29. The molecule has 1 aromatic carbocycles. The second-order valence-corrected chi connectivity index (χ2v) is 3.97. The van der Waals surface area contributed by atoms with Crippen LogP contribution in [0.2, 0.25) is 0 Å². The third-order valence-corrected chi connectivity index (χ3v) is 1.60. The number of benzene rings is 1. The highest BCUT2D eigenvalue weighted by Gasteiger charge is 2.08. The molecule has 0 amide bonds. The van der Waals surface area contributed by atoms with Crippen LogP contribution in [0.3, 0.4) is 0 Å². The summed E-state index contributed by atoms with van der Waals surface area (Å²) in [7, 11) is 0. The molecule has 2 N–H and O–H groups in total. The van der Waals surface area contributed by atoms with Gasteiger partial charge in [-0.05, 0) is 12.8 Å². The molecule has 0 aliphatic rings. The third-order valence-electron chi connectivity index (χ3n) is 1.60. The van der Waals surface area contributed by atoms with Crippen LogP contribution >= 0.6 is 0 Å². The molecule has 1 atom stereocenters. The zero-order valence-corrected chi connectivity index (χ0v) is 10.2. The minimum absolute atomic E-state index is 0.325. The van der Waals surface area contributed by atoms with Gasteiger partial charge in [-0.2, -0.15) is 0 Å². The summed E-state index contributed by atoms with van der Waals surface area (Å²) < 4.78 is 4.80. The minimum Gasteiger partial charge on any atom is -0.464 e. The van der Waals surface area contributed by atoms with Crippen molar-refractivity contribution in [1.82, 2.24) is 0 Å². The van der Waals surface area contributed by atoms with Gasteiger partial charge >= 0.3 is 5.97 Å². The maximum atomic E-state index is 10.7. The van der Waals surface area contributed by atoms with Gasteiger partial charge in [-0.1, -0.05) is 50.2 Å². The van der Waals surface area contributed by atoms with Gasteiger partial charge < -0.3 is 10.5 Å². The molecule has 1 unspecified atom stereocenters. The zero-order valence-electron chi connectivity index (χ0n) is 10.2. The van der Waals surface area contributed by atoms with Crippen LogP contribution in [0.15, 0.2) is 36.4 Å². The second kappa shape index (κ2) is 8.92. The monoisotopic (exact) mass is 223 g/mol. The van der Waals surface area contributed by atoms with Crippen molar-refractivity contribution in [2.45, 2.75) is 26.8 Å². The maximum absolute atomic E-state index is 10.7. The lowest BCUT2D eigenvalue weighted by molar-refractivity contribution is -0.145. The van der Waals surface area contributed by atoms with Crippen LogP contribution in [0.25, 0.3) is 0 Å². The van der Waals surface area contributed by atoms with Gasteiger partial charge in [0.15, 0.2) is 0 Å². The first kappa shape index (κ1) is 14.6. The number of carbonyl (C=O) groups is 1. The maximum Gasteiger partial charge on any atom is 0.322 e. The van der Waals surface area contributed by atoms with Crippen molar-refractivity contribution in [3.05, 3.63) is 36.4 Å². The van der Waals surface area contributed by atoms with Crippen molar-refractivity contribution in [3.8, 4) is 0 Å². The Morgan fingerprint density at radius 1 is 1.06 bits per heavy atom. The standard InChI is InChI=1S/C7H15NO2.C6H6/c1-5(2)4-10-7(9)6(3)8;1-2-4-6-5-3-1/h5-6H,4,8H2,1-3H3;1-6H. The molecule has 0 aliphatic heterocycles. The van der Waals surface area contributed by atoms with Gasteiger partial charge in [0.2, 0.25) is 0 Å². The molecule has 0 bridgehead atoms. The van der Waals surface area contributed by atoms with Crippen LogP contribution in [-0.2, 0) is 9.53 Å². The van der Waals surface area contributed by atoms with Gasteiger partial charge in [0.1, 0.15) is 6.04 Å². The van der Waals surface area contributed by atoms with Crippen molar-refractivity contribution in [2.75, 3.05) is 6.61 Å². The lowest BCUT2D eigenvalue weighted by Gasteiger charge is -2.08. The highest BCUT2D eigenvalue weighted by molar-refractivity contribution is 5.74. The molecule has 3 nitrogen and oxygen atoms in total. The van der Waals surface area contributed by atoms with Crippen molar-refractivity contribution >= 4 is 5.97 Å². The Balaban J connectivity index is 0.000000315. The number of ether oxygens (including phenoxy) is 1. The normalized spacial score (nSPS) is 11.3. The second-order valence-electron chi connectivity index (χ2n) is 3.97. The molecule has 0 heterocycles. The summed E-state index contributed by atoms with van der Waals surface area (Å²) in [5.41, 5.74) is 5.25. The summed E-state index contributed by atoms with van der Waals surface area (Å²) in [6.07, 6.45) is 0. The van der Waals surface area contributed by atoms with Crippen LogP contribution < -0.4 is 5.73 Å². The first-order valence-corrected chi connectivity index (χ1v) is 5.46. The molecule has 0 saturated heterocycles. The highest BCUT2D eigenvalue weighted by atomic mass is 16.5. The fourth-order valence-electron chi connectivity index (χ4n) is 0.765. The number of rotatable bonds is 3. The lowest BCUT2D eigenvalue weighted by atomic mass is 10.2. The molecule has 16 heavy (non-hydrogen) atoms. The van der Waals surface area contributed by atoms with E-state index in [0.29, 0.717) is 12.5 Å². The first-order valence-electron chi connectivity index (χ1n) is 5.46. The molecule has 0 radical (unpaired) electrons. The van der Waals surface area contributed by atoms with Crippen LogP contribution in [-0.4, -0.2) is 18.6 Å². The van der Waals surface area contributed by atoms with Crippen molar-refractivity contribution in [3.63, 3.8) is 0 Å². The van der Waals surface area contributed by atoms with E-state index in [1.54, 1.807) is 6.92 Å². The van der Waals surface area contributed by atoms with Crippen molar-refractivity contribution in [2.24, 2.45) is 11.7 Å². The van der Waals surface area contributed by atoms with Gasteiger partial charge in [0, 0.05) is 0 Å². The van der Waals surface area contributed by atoms with Crippen LogP contribution in [0.4, 0.5) is 0 Å². The fourth-order valence-corrected chi connectivity index (χ4v) is 0.765. The average Bonchev–Trinajstić information content (AvgIpc) is 2.28. The molecular formula is C13H21NO2. The predicted molar refractivity (Wildman–Crippen MR) is 65.9 cm³/mol. The van der Waals surface area contributed by atoms with E-state index in [1.807, 2.05) is 50.2 Å². The summed E-state index contributed by atoms with van der Waals surface area (Å²) in [6, 6.07) is 11.5. The molecule has 0 spiro atoms. The summed E-state index contributed by atoms with van der Waals surface area (Å²) >= 11 is 0. The molecule has 0 aliphatic carbocycles. The number of hydrogen-bond acceptors (Lipinski definition) is 3. The fraction of sp³-hybridized carbons (Fsp3) is 0.462. The molecular weight excluding hydrogens is 202 g/mol. The Hall–Kier alpha value is -1.35. The van der Waals surface area contributed by atoms with Gasteiger partial charge in [-0.15, -0.1) is 0 Å². The largest absolute Gasteiger partial charge is 0.464 e. The van der Waals surface area contributed by atoms with E-state index in [0.717, 1.165) is 0 Å². The Labute approximate surface area is 97.6 Å². The number of esters is 1. The van der Waals surface area contributed by atoms with E-state index in [-0.39, 0.29) is 5.97 Å². The molecule has 0 fully saturated rings. The predicted octanol–water partition coefficient (Wildman–Crippen LogP) is 2.22. The van der Waals surface area contributed by atoms with Gasteiger partial charge in [0.25, 0.3) is 0 Å². The SMILES string of the molecule is CC(C)COC(=O)C(C)N.c1ccccc1. The Bertz CT molecular complexity index is 244. The average molecular weight is 223 g/mol. The van der Waals surface area contributed by atoms with Gasteiger partial charge in [0.05, 0.1) is 6.61 Å². The Morgan fingerprint density at radius 2 is 1.44 bits per heavy atom. The van der Waals surface area contributed by atoms with E-state index < -0.39 is 6.04 Å². The zero-order chi connectivity index (χ0) is 12.4. The summed E-state index contributed by atoms with van der Waals surface area (Å²) in [5.74, 6) is 0.0522. The smallest absolute Gasteiger partial charge is 0.322 e. The Kier molecular flexibility index (Phi) is 8.17. The highest BCUT2D eigenvalue weighted by Crippen LogP contribution is 1.93. The van der Waals surface area contributed by atoms with Crippen LogP contribution in [0.1, 0.15) is 20.8 Å². The van der Waals surface area contributed by atoms with Gasteiger partial charge in [-0.25, -0.2) is 0 Å². The molecule has 0 aromatic heterocycles. The number of carbonyl (C=O) groups excluding carboxylic acids is 1. The van der Waals surface area contributed by atoms with E-state index in [4.69, 9.17) is 10.5 Å². The molecule has 3 heteroatoms. The van der Waals surface area contributed by atoms with Crippen LogP contribution in [0, 0.1) is 5.92 Å². The van der Waals surface area contributed by atoms with E-state index >= 15 is 0 Å². The van der Waals surface area contributed by atoms with Crippen molar-refractivity contribution in [1.29, 1.82) is 0 Å². The van der Waals surface area contributed by atoms with E-state index in [1.165, 1.54) is 0 Å². The Morgan fingerprint density at radius 3 is 1.69 bits per heavy atom. The first-order chi connectivity index (χ1) is 7.54. The topological polar surface area (TPSA) is 52.3 Å². The third kappa shape index (κ3) is 9.21. The summed E-state index contributed by atoms with van der Waals surface area (Å²) in [6.45, 7) is 6.03. The van der Waals surface area contributed by atoms with E-state index in [9.17, 15) is 4.79 Å². The van der Waals surface area contributed by atoms with Gasteiger partial charge in [-0.3, -0.25) is 4.79 Å². The van der Waals surface area contributed by atoms with E-state index in [2.05, 4.69) is 0 Å². The van der Waals surface area contributed by atoms with Crippen LogP contribution in [0.5, 0.6) is 0 Å². The summed E-state index contributed by atoms with van der Waals surface area (Å²) in [5, 5.41) is 0. The number of hydrogen-bond donors (Lipinski definition) is 1.